The summed E-state index contributed by atoms with van der Waals surface area (Å²) in [5.74, 6) is 1.93. The Morgan fingerprint density at radius 3 is 1.53 bits per heavy atom. The van der Waals surface area contributed by atoms with Crippen LogP contribution in [-0.4, -0.2) is 24.1 Å². The van der Waals surface area contributed by atoms with Crippen LogP contribution in [0.15, 0.2) is 200 Å². The second-order valence-corrected chi connectivity index (χ2v) is 15.6. The lowest BCUT2D eigenvalue weighted by Crippen LogP contribution is -2.00. The highest BCUT2D eigenvalue weighted by atomic mass is 15.0. The molecule has 1 aliphatic carbocycles. The molecule has 0 radical (unpaired) electrons. The van der Waals surface area contributed by atoms with Crippen LogP contribution in [-0.2, 0) is 0 Å². The van der Waals surface area contributed by atoms with Gasteiger partial charge in [0.2, 0.25) is 0 Å². The van der Waals surface area contributed by atoms with E-state index in [9.17, 15) is 0 Å². The Labute approximate surface area is 345 Å². The Morgan fingerprint density at radius 1 is 0.300 bits per heavy atom. The largest absolute Gasteiger partial charge is 0.309 e. The summed E-state index contributed by atoms with van der Waals surface area (Å²) in [6.07, 6.45) is 0. The smallest absolute Gasteiger partial charge is 0.164 e. The van der Waals surface area contributed by atoms with Crippen molar-refractivity contribution in [1.29, 1.82) is 0 Å². The second-order valence-electron chi connectivity index (χ2n) is 15.6. The van der Waals surface area contributed by atoms with Crippen molar-refractivity contribution in [2.24, 2.45) is 0 Å². The van der Waals surface area contributed by atoms with Gasteiger partial charge in [0.1, 0.15) is 0 Å². The highest BCUT2D eigenvalue weighted by Gasteiger charge is 2.29. The number of hydrogen-bond acceptors (Lipinski definition) is 3. The third-order valence-electron chi connectivity index (χ3n) is 12.3. The molecule has 0 unspecified atom stereocenters. The van der Waals surface area contributed by atoms with Gasteiger partial charge in [-0.3, -0.25) is 0 Å². The molecule has 13 rings (SSSR count). The fourth-order valence-electron chi connectivity index (χ4n) is 9.74. The molecule has 0 spiro atoms. The van der Waals surface area contributed by atoms with Crippen LogP contribution in [0.5, 0.6) is 0 Å². The molecule has 5 nitrogen and oxygen atoms in total. The van der Waals surface area contributed by atoms with Gasteiger partial charge in [-0.05, 0) is 82.1 Å². The number of aromatic nitrogens is 5. The van der Waals surface area contributed by atoms with Crippen molar-refractivity contribution in [2.45, 2.75) is 0 Å². The summed E-state index contributed by atoms with van der Waals surface area (Å²) >= 11 is 0. The minimum Gasteiger partial charge on any atom is -0.309 e. The van der Waals surface area contributed by atoms with Crippen molar-refractivity contribution in [1.82, 2.24) is 24.1 Å². The van der Waals surface area contributed by atoms with E-state index in [-0.39, 0.29) is 0 Å². The molecule has 5 heteroatoms. The molecule has 0 atom stereocenters. The third-order valence-corrected chi connectivity index (χ3v) is 12.3. The zero-order chi connectivity index (χ0) is 39.3. The molecule has 0 saturated heterocycles. The monoisotopic (exact) mass is 763 g/mol. The average Bonchev–Trinajstić information content (AvgIpc) is 3.79. The Kier molecular flexibility index (Phi) is 6.95. The number of benzene rings is 9. The van der Waals surface area contributed by atoms with E-state index >= 15 is 0 Å². The molecule has 0 bridgehead atoms. The second kappa shape index (κ2) is 12.7. The van der Waals surface area contributed by atoms with E-state index in [1.165, 1.54) is 71.1 Å². The van der Waals surface area contributed by atoms with Crippen LogP contribution in [0, 0.1) is 0 Å². The normalized spacial score (nSPS) is 12.0. The van der Waals surface area contributed by atoms with Gasteiger partial charge < -0.3 is 9.13 Å². The van der Waals surface area contributed by atoms with E-state index in [1.54, 1.807) is 0 Å². The summed E-state index contributed by atoms with van der Waals surface area (Å²) in [5.41, 5.74) is 14.8. The molecule has 278 valence electrons. The summed E-state index contributed by atoms with van der Waals surface area (Å²) in [6, 6.07) is 71.5. The van der Waals surface area contributed by atoms with Crippen molar-refractivity contribution in [2.75, 3.05) is 0 Å². The first-order valence-electron chi connectivity index (χ1n) is 20.4. The van der Waals surface area contributed by atoms with E-state index in [1.807, 2.05) is 60.7 Å². The Balaban J connectivity index is 1.12. The van der Waals surface area contributed by atoms with Crippen molar-refractivity contribution in [3.05, 3.63) is 200 Å². The first kappa shape index (κ1) is 32.9. The molecule has 0 fully saturated rings. The molecular weight excluding hydrogens is 731 g/mol. The van der Waals surface area contributed by atoms with Gasteiger partial charge in [0, 0.05) is 55.2 Å². The van der Waals surface area contributed by atoms with Gasteiger partial charge in [0.25, 0.3) is 0 Å². The highest BCUT2D eigenvalue weighted by Crippen LogP contribution is 2.53. The summed E-state index contributed by atoms with van der Waals surface area (Å²) in [7, 11) is 0. The number of hydrogen-bond donors (Lipinski definition) is 0. The Morgan fingerprint density at radius 2 is 0.833 bits per heavy atom. The average molecular weight is 764 g/mol. The van der Waals surface area contributed by atoms with Crippen LogP contribution in [0.25, 0.3) is 122 Å². The summed E-state index contributed by atoms with van der Waals surface area (Å²) in [4.78, 5) is 15.0. The van der Waals surface area contributed by atoms with Gasteiger partial charge in [0.05, 0.1) is 22.1 Å². The van der Waals surface area contributed by atoms with Crippen LogP contribution in [0.2, 0.25) is 0 Å². The Hall–Kier alpha value is -8.15. The molecule has 0 aliphatic heterocycles. The van der Waals surface area contributed by atoms with E-state index in [0.717, 1.165) is 33.6 Å². The first-order valence-corrected chi connectivity index (χ1v) is 20.4. The Bertz CT molecular complexity index is 3620. The van der Waals surface area contributed by atoms with Gasteiger partial charge >= 0.3 is 0 Å². The number of fused-ring (bicyclic) bond motifs is 7. The van der Waals surface area contributed by atoms with E-state index in [4.69, 9.17) is 15.0 Å². The maximum Gasteiger partial charge on any atom is 0.164 e. The van der Waals surface area contributed by atoms with Gasteiger partial charge in [0.15, 0.2) is 17.5 Å². The quantitative estimate of drug-likeness (QED) is 0.175. The molecule has 1 aliphatic rings. The minimum absolute atomic E-state index is 0.634. The van der Waals surface area contributed by atoms with Gasteiger partial charge in [-0.1, -0.05) is 146 Å². The number of nitrogens with zero attached hydrogens (tertiary/aromatic N) is 5. The minimum atomic E-state index is 0.634. The fourth-order valence-corrected chi connectivity index (χ4v) is 9.74. The SMILES string of the molecule is c1ccc(-c2nc(-c3ccccc3)nc(-c3ccc(-n4c5cc6c(c7c5c5c8c(cccc8ccc54)-c4ccccc4-7)c4ccccc4n6-c4ccccc4)cc3)n2)cc1. The van der Waals surface area contributed by atoms with Crippen LogP contribution in [0.4, 0.5) is 0 Å². The fraction of sp³-hybridized carbons (Fsp3) is 0. The predicted octanol–water partition coefficient (Wildman–Crippen LogP) is 13.9. The van der Waals surface area contributed by atoms with Crippen LogP contribution in [0.1, 0.15) is 0 Å². The van der Waals surface area contributed by atoms with Crippen molar-refractivity contribution < 1.29 is 0 Å². The van der Waals surface area contributed by atoms with E-state index in [0.29, 0.717) is 17.5 Å². The molecular formula is C55H33N5. The van der Waals surface area contributed by atoms with E-state index < -0.39 is 0 Å². The zero-order valence-corrected chi connectivity index (χ0v) is 32.3. The van der Waals surface area contributed by atoms with Gasteiger partial charge in [-0.25, -0.2) is 15.0 Å². The molecule has 9 aromatic carbocycles. The summed E-state index contributed by atoms with van der Waals surface area (Å²) in [5, 5.41) is 7.60. The van der Waals surface area contributed by atoms with Gasteiger partial charge in [-0.2, -0.15) is 0 Å². The topological polar surface area (TPSA) is 48.5 Å². The third kappa shape index (κ3) is 4.71. The zero-order valence-electron chi connectivity index (χ0n) is 32.3. The molecule has 0 saturated carbocycles. The summed E-state index contributed by atoms with van der Waals surface area (Å²) < 4.78 is 4.91. The predicted molar refractivity (Wildman–Crippen MR) is 247 cm³/mol. The van der Waals surface area contributed by atoms with Crippen LogP contribution in [0.3, 0.4) is 0 Å². The van der Waals surface area contributed by atoms with Crippen molar-refractivity contribution in [3.63, 3.8) is 0 Å². The van der Waals surface area contributed by atoms with E-state index in [2.05, 4.69) is 149 Å². The van der Waals surface area contributed by atoms with Crippen molar-refractivity contribution >= 4 is 54.4 Å². The van der Waals surface area contributed by atoms with Crippen LogP contribution >= 0.6 is 0 Å². The maximum absolute atomic E-state index is 5.04. The molecule has 60 heavy (non-hydrogen) atoms. The number of rotatable bonds is 5. The maximum atomic E-state index is 5.04. The molecule has 0 N–H and O–H groups in total. The van der Waals surface area contributed by atoms with Crippen LogP contribution < -0.4 is 0 Å². The lowest BCUT2D eigenvalue weighted by molar-refractivity contribution is 1.07. The highest BCUT2D eigenvalue weighted by molar-refractivity contribution is 6.36. The van der Waals surface area contributed by atoms with Gasteiger partial charge in [-0.15, -0.1) is 0 Å². The number of para-hydroxylation sites is 2. The molecule has 12 aromatic rings. The summed E-state index contributed by atoms with van der Waals surface area (Å²) in [6.45, 7) is 0. The molecule has 3 heterocycles. The van der Waals surface area contributed by atoms with Crippen molar-refractivity contribution in [3.8, 4) is 67.8 Å². The standard InChI is InChI=1S/C55H33N5/c1-4-15-35(16-5-1)53-56-54(36-17-6-2-7-18-36)58-55(57-53)37-27-30-39(31-28-37)60-45-32-29-34-19-14-25-41-40-22-10-11-23-42(40)50-49-43-24-12-13-26-44(43)59(38-20-8-3-9-21-38)46(49)33-47(60)52(50)51(45)48(34)41/h1-33H. The molecule has 0 amide bonds. The molecule has 3 aromatic heterocycles. The first-order chi connectivity index (χ1) is 29.8. The lowest BCUT2D eigenvalue weighted by Gasteiger charge is -2.16. The lowest BCUT2D eigenvalue weighted by atomic mass is 9.91.